The van der Waals surface area contributed by atoms with Crippen molar-refractivity contribution in [2.24, 2.45) is 0 Å². The number of anilines is 4. The fourth-order valence-corrected chi connectivity index (χ4v) is 6.40. The van der Waals surface area contributed by atoms with Crippen LogP contribution >= 0.6 is 23.5 Å². The predicted octanol–water partition coefficient (Wildman–Crippen LogP) is 9.39. The van der Waals surface area contributed by atoms with Crippen LogP contribution in [0.2, 0.25) is 0 Å². The number of fused-ring (bicyclic) bond motifs is 2. The number of aryl methyl sites for hydroxylation is 2. The zero-order valence-electron chi connectivity index (χ0n) is 26.6. The number of hydrogen-bond donors (Lipinski definition) is 4. The lowest BCUT2D eigenvalue weighted by Gasteiger charge is -2.09. The standard InChI is InChI=1S/C18H13F2N5S.C18H15N5S/c1-10-8-16(25-24-10)22-17-12-4-2-3-5-14(12)21-18(23-17)26-15-7-6-11(19)9-13(15)20;1-12-11-16(23-22-12)20-17-14-9-5-6-10-15(14)19-18(21-17)24-13-7-3-2-4-8-13/h2-9H,1H3,(H2,21,22,23,24,25);2-11H,1H3,(H2,19,20,21,22,23). The van der Waals surface area contributed by atoms with Gasteiger partial charge in [-0.2, -0.15) is 10.2 Å². The highest BCUT2D eigenvalue weighted by molar-refractivity contribution is 7.99. The van der Waals surface area contributed by atoms with Crippen LogP contribution < -0.4 is 10.6 Å². The van der Waals surface area contributed by atoms with Gasteiger partial charge in [0.1, 0.15) is 23.3 Å². The molecule has 0 aliphatic heterocycles. The Morgan fingerprint density at radius 2 is 1.08 bits per heavy atom. The Bertz CT molecular complexity index is 2420. The van der Waals surface area contributed by atoms with Crippen LogP contribution in [-0.2, 0) is 0 Å². The number of para-hydroxylation sites is 2. The average Bonchev–Trinajstić information content (AvgIpc) is 3.73. The van der Waals surface area contributed by atoms with E-state index in [1.54, 1.807) is 11.8 Å². The van der Waals surface area contributed by atoms with Crippen LogP contribution in [0.3, 0.4) is 0 Å². The molecule has 0 atom stereocenters. The summed E-state index contributed by atoms with van der Waals surface area (Å²) in [5, 5.41) is 23.5. The molecule has 14 heteroatoms. The molecule has 50 heavy (non-hydrogen) atoms. The van der Waals surface area contributed by atoms with Gasteiger partial charge < -0.3 is 10.6 Å². The summed E-state index contributed by atoms with van der Waals surface area (Å²) in [4.78, 5) is 19.7. The molecule has 10 nitrogen and oxygen atoms in total. The van der Waals surface area contributed by atoms with Gasteiger partial charge in [-0.25, -0.2) is 28.7 Å². The smallest absolute Gasteiger partial charge is 0.195 e. The summed E-state index contributed by atoms with van der Waals surface area (Å²) in [7, 11) is 0. The van der Waals surface area contributed by atoms with Crippen molar-refractivity contribution in [1.82, 2.24) is 40.3 Å². The molecule has 0 saturated heterocycles. The van der Waals surface area contributed by atoms with E-state index in [0.717, 1.165) is 62.0 Å². The first kappa shape index (κ1) is 32.7. The molecule has 0 saturated carbocycles. The zero-order chi connectivity index (χ0) is 34.5. The zero-order valence-corrected chi connectivity index (χ0v) is 28.3. The molecule has 8 aromatic rings. The average molecular weight is 703 g/mol. The lowest BCUT2D eigenvalue weighted by Crippen LogP contribution is -1.99. The van der Waals surface area contributed by atoms with Crippen molar-refractivity contribution in [3.63, 3.8) is 0 Å². The van der Waals surface area contributed by atoms with E-state index in [1.807, 2.05) is 105 Å². The molecule has 0 radical (unpaired) electrons. The van der Waals surface area contributed by atoms with Crippen LogP contribution in [0.15, 0.2) is 129 Å². The molecule has 0 amide bonds. The molecular weight excluding hydrogens is 675 g/mol. The maximum atomic E-state index is 14.0. The maximum Gasteiger partial charge on any atom is 0.195 e. The quantitative estimate of drug-likeness (QED) is 0.114. The highest BCUT2D eigenvalue weighted by Gasteiger charge is 2.14. The molecule has 248 valence electrons. The van der Waals surface area contributed by atoms with Gasteiger partial charge in [-0.05, 0) is 85.9 Å². The van der Waals surface area contributed by atoms with Crippen molar-refractivity contribution in [2.45, 2.75) is 34.0 Å². The fraction of sp³-hybridized carbons (Fsp3) is 0.0556. The third-order valence-electron chi connectivity index (χ3n) is 7.12. The summed E-state index contributed by atoms with van der Waals surface area (Å²) < 4.78 is 27.1. The third kappa shape index (κ3) is 7.88. The summed E-state index contributed by atoms with van der Waals surface area (Å²) in [6.45, 7) is 3.86. The molecule has 8 rings (SSSR count). The topological polar surface area (TPSA) is 133 Å². The Morgan fingerprint density at radius 3 is 1.60 bits per heavy atom. The first-order chi connectivity index (χ1) is 24.4. The number of aromatic amines is 2. The molecule has 0 aliphatic rings. The van der Waals surface area contributed by atoms with Crippen molar-refractivity contribution in [1.29, 1.82) is 0 Å². The number of hydrogen-bond acceptors (Lipinski definition) is 10. The maximum absolute atomic E-state index is 14.0. The molecule has 0 spiro atoms. The van der Waals surface area contributed by atoms with Gasteiger partial charge in [0.05, 0.1) is 15.9 Å². The molecule has 0 aliphatic carbocycles. The lowest BCUT2D eigenvalue weighted by molar-refractivity contribution is 0.565. The fourth-order valence-electron chi connectivity index (χ4n) is 4.85. The molecule has 0 fully saturated rings. The van der Waals surface area contributed by atoms with Crippen molar-refractivity contribution < 1.29 is 8.78 Å². The monoisotopic (exact) mass is 702 g/mol. The minimum Gasteiger partial charge on any atom is -0.323 e. The third-order valence-corrected chi connectivity index (χ3v) is 8.91. The van der Waals surface area contributed by atoms with E-state index in [2.05, 4.69) is 51.0 Å². The van der Waals surface area contributed by atoms with E-state index >= 15 is 0 Å². The number of H-pyrrole nitrogens is 2. The second-order valence-electron chi connectivity index (χ2n) is 11.0. The Morgan fingerprint density at radius 1 is 0.560 bits per heavy atom. The first-order valence-corrected chi connectivity index (χ1v) is 17.0. The lowest BCUT2D eigenvalue weighted by atomic mass is 10.2. The van der Waals surface area contributed by atoms with E-state index in [1.165, 1.54) is 12.1 Å². The van der Waals surface area contributed by atoms with E-state index in [9.17, 15) is 8.78 Å². The Hall–Kier alpha value is -5.86. The molecule has 4 heterocycles. The number of aromatic nitrogens is 8. The number of rotatable bonds is 8. The van der Waals surface area contributed by atoms with Crippen LogP contribution in [0.5, 0.6) is 0 Å². The van der Waals surface area contributed by atoms with Gasteiger partial charge in [-0.1, -0.05) is 42.5 Å². The Labute approximate surface area is 293 Å². The first-order valence-electron chi connectivity index (χ1n) is 15.3. The molecule has 0 unspecified atom stereocenters. The van der Waals surface area contributed by atoms with Crippen LogP contribution in [0.1, 0.15) is 11.4 Å². The van der Waals surface area contributed by atoms with Gasteiger partial charge in [0.15, 0.2) is 21.9 Å². The second kappa shape index (κ2) is 14.7. The number of nitrogens with one attached hydrogen (secondary N) is 4. The van der Waals surface area contributed by atoms with Crippen molar-refractivity contribution in [2.75, 3.05) is 10.6 Å². The van der Waals surface area contributed by atoms with Gasteiger partial charge in [0, 0.05) is 45.3 Å². The summed E-state index contributed by atoms with van der Waals surface area (Å²) in [5.74, 6) is 1.41. The summed E-state index contributed by atoms with van der Waals surface area (Å²) in [6, 6.07) is 32.8. The number of nitrogens with zero attached hydrogens (tertiary/aromatic N) is 6. The Balaban J connectivity index is 0.000000157. The van der Waals surface area contributed by atoms with Crippen LogP contribution in [0, 0.1) is 25.5 Å². The SMILES string of the molecule is Cc1cc(Nc2nc(Sc3ccc(F)cc3F)nc3ccccc23)n[nH]1.Cc1cc(Nc2nc(Sc3ccccc3)nc3ccccc23)n[nH]1. The van der Waals surface area contributed by atoms with Gasteiger partial charge in [-0.3, -0.25) is 10.2 Å². The minimum absolute atomic E-state index is 0.253. The van der Waals surface area contributed by atoms with Crippen LogP contribution in [-0.4, -0.2) is 40.3 Å². The van der Waals surface area contributed by atoms with Crippen LogP contribution in [0.25, 0.3) is 21.8 Å². The highest BCUT2D eigenvalue weighted by Crippen LogP contribution is 2.33. The van der Waals surface area contributed by atoms with Gasteiger partial charge in [0.25, 0.3) is 0 Å². The number of halogens is 2. The van der Waals surface area contributed by atoms with Crippen LogP contribution in [0.4, 0.5) is 32.1 Å². The van der Waals surface area contributed by atoms with E-state index in [-0.39, 0.29) is 4.90 Å². The van der Waals surface area contributed by atoms with Gasteiger partial charge in [-0.15, -0.1) is 0 Å². The van der Waals surface area contributed by atoms with Gasteiger partial charge in [0.2, 0.25) is 0 Å². The molecule has 4 aromatic carbocycles. The van der Waals surface area contributed by atoms with E-state index < -0.39 is 11.6 Å². The largest absolute Gasteiger partial charge is 0.323 e. The van der Waals surface area contributed by atoms with Crippen molar-refractivity contribution in [3.8, 4) is 0 Å². The molecule has 0 bridgehead atoms. The second-order valence-corrected chi connectivity index (χ2v) is 13.0. The summed E-state index contributed by atoms with van der Waals surface area (Å²) in [6.07, 6.45) is 0. The van der Waals surface area contributed by atoms with Gasteiger partial charge >= 0.3 is 0 Å². The molecular formula is C36H28F2N10S2. The normalized spacial score (nSPS) is 11.0. The van der Waals surface area contributed by atoms with E-state index in [0.29, 0.717) is 27.5 Å². The van der Waals surface area contributed by atoms with Crippen molar-refractivity contribution in [3.05, 3.63) is 132 Å². The van der Waals surface area contributed by atoms with E-state index in [4.69, 9.17) is 0 Å². The molecule has 4 N–H and O–H groups in total. The number of benzene rings is 4. The summed E-state index contributed by atoms with van der Waals surface area (Å²) >= 11 is 2.58. The van der Waals surface area contributed by atoms with Crippen molar-refractivity contribution >= 4 is 68.6 Å². The Kier molecular flexibility index (Phi) is 9.62. The summed E-state index contributed by atoms with van der Waals surface area (Å²) in [5.41, 5.74) is 3.52. The predicted molar refractivity (Wildman–Crippen MR) is 193 cm³/mol. The highest BCUT2D eigenvalue weighted by atomic mass is 32.2. The molecule has 4 aromatic heterocycles. The minimum atomic E-state index is -0.649.